The number of rotatable bonds is 7. The van der Waals surface area contributed by atoms with Crippen molar-refractivity contribution in [3.05, 3.63) is 57.6 Å². The van der Waals surface area contributed by atoms with E-state index in [-0.39, 0.29) is 11.7 Å². The van der Waals surface area contributed by atoms with Crippen LogP contribution in [0.1, 0.15) is 30.9 Å². The summed E-state index contributed by atoms with van der Waals surface area (Å²) in [4.78, 5) is 9.40. The molecule has 0 fully saturated rings. The Hall–Kier alpha value is -2.50. The Morgan fingerprint density at radius 2 is 1.66 bits per heavy atom. The lowest BCUT2D eigenvalue weighted by molar-refractivity contribution is -0.388. The first kappa shape index (κ1) is 22.8. The molecule has 0 heterocycles. The smallest absolute Gasteiger partial charge is 0.346 e. The third-order valence-electron chi connectivity index (χ3n) is 4.17. The van der Waals surface area contributed by atoms with Crippen molar-refractivity contribution in [2.75, 3.05) is 14.1 Å². The molecule has 2 aromatic carbocycles. The summed E-state index contributed by atoms with van der Waals surface area (Å²) in [5, 5.41) is 11.5. The van der Waals surface area contributed by atoms with Crippen LogP contribution in [0.25, 0.3) is 0 Å². The van der Waals surface area contributed by atoms with Crippen LogP contribution in [-0.2, 0) is 20.1 Å². The third kappa shape index (κ3) is 4.74. The molecule has 2 rings (SSSR count). The molecule has 0 radical (unpaired) electrons. The number of aryl methyl sites for hydroxylation is 1. The highest BCUT2D eigenvalue weighted by atomic mass is 32.2. The van der Waals surface area contributed by atoms with Gasteiger partial charge < -0.3 is 4.18 Å². The summed E-state index contributed by atoms with van der Waals surface area (Å²) in [5.74, 6) is 0.0164. The fourth-order valence-electron chi connectivity index (χ4n) is 2.58. The maximum Gasteiger partial charge on any atom is 0.346 e. The summed E-state index contributed by atoms with van der Waals surface area (Å²) < 4.78 is 56.2. The van der Waals surface area contributed by atoms with E-state index in [0.717, 1.165) is 22.0 Å². The van der Waals surface area contributed by atoms with Gasteiger partial charge in [-0.3, -0.25) is 10.1 Å². The van der Waals surface area contributed by atoms with Crippen LogP contribution < -0.4 is 4.18 Å². The van der Waals surface area contributed by atoms with E-state index in [0.29, 0.717) is 11.6 Å². The van der Waals surface area contributed by atoms with Gasteiger partial charge in [-0.05, 0) is 42.2 Å². The second-order valence-corrected chi connectivity index (χ2v) is 10.6. The van der Waals surface area contributed by atoms with Gasteiger partial charge in [0.1, 0.15) is 5.75 Å². The van der Waals surface area contributed by atoms with E-state index in [4.69, 9.17) is 4.18 Å². The zero-order valence-corrected chi connectivity index (χ0v) is 18.2. The molecular weight excluding hydrogens is 420 g/mol. The van der Waals surface area contributed by atoms with E-state index in [2.05, 4.69) is 0 Å². The first-order valence-corrected chi connectivity index (χ1v) is 11.4. The molecule has 0 bridgehead atoms. The van der Waals surface area contributed by atoms with Crippen molar-refractivity contribution in [1.29, 1.82) is 0 Å². The summed E-state index contributed by atoms with van der Waals surface area (Å²) in [7, 11) is -6.05. The zero-order valence-electron chi connectivity index (χ0n) is 16.6. The molecule has 2 aromatic rings. The van der Waals surface area contributed by atoms with E-state index >= 15 is 0 Å². The highest BCUT2D eigenvalue weighted by Gasteiger charge is 2.31. The lowest BCUT2D eigenvalue weighted by atomic mass is 10.0. The molecule has 0 atom stereocenters. The molecule has 0 aliphatic carbocycles. The largest absolute Gasteiger partial charge is 0.378 e. The van der Waals surface area contributed by atoms with Crippen LogP contribution in [0, 0.1) is 17.0 Å². The number of hydrogen-bond acceptors (Lipinski definition) is 7. The minimum Gasteiger partial charge on any atom is -0.378 e. The van der Waals surface area contributed by atoms with Gasteiger partial charge >= 0.3 is 10.1 Å². The monoisotopic (exact) mass is 442 g/mol. The quantitative estimate of drug-likeness (QED) is 0.367. The molecule has 9 nitrogen and oxygen atoms in total. The van der Waals surface area contributed by atoms with Gasteiger partial charge in [-0.2, -0.15) is 8.42 Å². The molecule has 29 heavy (non-hydrogen) atoms. The van der Waals surface area contributed by atoms with E-state index in [1.807, 2.05) is 13.8 Å². The molecular formula is C18H22N2O7S2. The van der Waals surface area contributed by atoms with Crippen molar-refractivity contribution < 1.29 is 25.9 Å². The molecule has 0 aromatic heterocycles. The lowest BCUT2D eigenvalue weighted by Crippen LogP contribution is -2.22. The fourth-order valence-corrected chi connectivity index (χ4v) is 4.59. The topological polar surface area (TPSA) is 124 Å². The van der Waals surface area contributed by atoms with Gasteiger partial charge in [-0.25, -0.2) is 12.7 Å². The van der Waals surface area contributed by atoms with Crippen molar-refractivity contribution in [2.24, 2.45) is 0 Å². The van der Waals surface area contributed by atoms with Gasteiger partial charge in [0.2, 0.25) is 10.0 Å². The van der Waals surface area contributed by atoms with Crippen molar-refractivity contribution in [1.82, 2.24) is 4.31 Å². The second-order valence-electron chi connectivity index (χ2n) is 6.91. The predicted octanol–water partition coefficient (Wildman–Crippen LogP) is 3.04. The number of benzene rings is 2. The van der Waals surface area contributed by atoms with Gasteiger partial charge in [0, 0.05) is 20.2 Å². The zero-order chi connectivity index (χ0) is 22.1. The van der Waals surface area contributed by atoms with Crippen LogP contribution >= 0.6 is 0 Å². The molecule has 0 aliphatic rings. The molecule has 158 valence electrons. The Kier molecular flexibility index (Phi) is 6.36. The molecule has 0 saturated carbocycles. The van der Waals surface area contributed by atoms with Gasteiger partial charge in [0.05, 0.1) is 9.82 Å². The predicted molar refractivity (Wildman–Crippen MR) is 107 cm³/mol. The highest BCUT2D eigenvalue weighted by Crippen LogP contribution is 2.33. The van der Waals surface area contributed by atoms with Gasteiger partial charge in [-0.15, -0.1) is 0 Å². The number of nitro benzene ring substituents is 1. The second kappa shape index (κ2) is 8.09. The Balaban J connectivity index is 2.62. The SMILES string of the molecule is Cc1ccc(C(C)C)c(OS(=O)(=O)c2ccc(S(=O)(=O)N(C)C)cc2[N+](=O)[O-])c1. The molecule has 0 aliphatic heterocycles. The van der Waals surface area contributed by atoms with Crippen LogP contribution in [0.3, 0.4) is 0 Å². The van der Waals surface area contributed by atoms with Crippen LogP contribution in [-0.4, -0.2) is 40.2 Å². The standard InChI is InChI=1S/C18H22N2O7S2/c1-12(2)15-8-6-13(3)10-17(15)27-29(25,26)18-9-7-14(11-16(18)20(21)22)28(23,24)19(4)5/h6-12H,1-5H3. The van der Waals surface area contributed by atoms with Gasteiger partial charge in [0.15, 0.2) is 4.90 Å². The Morgan fingerprint density at radius 3 is 2.17 bits per heavy atom. The van der Waals surface area contributed by atoms with E-state index < -0.39 is 40.5 Å². The molecule has 0 N–H and O–H groups in total. The van der Waals surface area contributed by atoms with Crippen LogP contribution in [0.5, 0.6) is 5.75 Å². The minimum absolute atomic E-state index is 0.0524. The average Bonchev–Trinajstić information content (AvgIpc) is 2.60. The van der Waals surface area contributed by atoms with E-state index in [1.54, 1.807) is 19.1 Å². The number of nitro groups is 1. The summed E-state index contributed by atoms with van der Waals surface area (Å²) in [6.45, 7) is 5.47. The van der Waals surface area contributed by atoms with Crippen LogP contribution in [0.2, 0.25) is 0 Å². The molecule has 0 spiro atoms. The summed E-state index contributed by atoms with van der Waals surface area (Å²) in [5.41, 5.74) is 0.488. The first-order chi connectivity index (χ1) is 13.3. The summed E-state index contributed by atoms with van der Waals surface area (Å²) in [6, 6.07) is 7.64. The number of nitrogens with zero attached hydrogens (tertiary/aromatic N) is 2. The normalized spacial score (nSPS) is 12.4. The van der Waals surface area contributed by atoms with Crippen LogP contribution in [0.15, 0.2) is 46.2 Å². The maximum absolute atomic E-state index is 12.8. The molecule has 0 unspecified atom stereocenters. The minimum atomic E-state index is -4.59. The summed E-state index contributed by atoms with van der Waals surface area (Å²) in [6.07, 6.45) is 0. The Morgan fingerprint density at radius 1 is 1.03 bits per heavy atom. The number of hydrogen-bond donors (Lipinski definition) is 0. The maximum atomic E-state index is 12.8. The summed E-state index contributed by atoms with van der Waals surface area (Å²) >= 11 is 0. The molecule has 0 saturated heterocycles. The lowest BCUT2D eigenvalue weighted by Gasteiger charge is -2.15. The average molecular weight is 443 g/mol. The van der Waals surface area contributed by atoms with Gasteiger partial charge in [0.25, 0.3) is 5.69 Å². The van der Waals surface area contributed by atoms with E-state index in [9.17, 15) is 26.9 Å². The number of sulfonamides is 1. The molecule has 0 amide bonds. The first-order valence-electron chi connectivity index (χ1n) is 8.53. The van der Waals surface area contributed by atoms with Crippen molar-refractivity contribution in [3.63, 3.8) is 0 Å². The highest BCUT2D eigenvalue weighted by molar-refractivity contribution is 7.89. The van der Waals surface area contributed by atoms with Crippen molar-refractivity contribution >= 4 is 25.8 Å². The fraction of sp³-hybridized carbons (Fsp3) is 0.333. The third-order valence-corrected chi connectivity index (χ3v) is 7.26. The van der Waals surface area contributed by atoms with Crippen molar-refractivity contribution in [2.45, 2.75) is 36.5 Å². The molecule has 11 heteroatoms. The Bertz CT molecular complexity index is 1150. The van der Waals surface area contributed by atoms with Crippen molar-refractivity contribution in [3.8, 4) is 5.75 Å². The van der Waals surface area contributed by atoms with Gasteiger partial charge in [-0.1, -0.05) is 26.0 Å². The van der Waals surface area contributed by atoms with Crippen LogP contribution in [0.4, 0.5) is 5.69 Å². The van der Waals surface area contributed by atoms with E-state index in [1.165, 1.54) is 20.2 Å². The Labute approximate surface area is 170 Å².